The molecular formula is C26H23N5O2. The number of aryl methyl sites for hydroxylation is 1. The molecule has 3 aromatic heterocycles. The van der Waals surface area contributed by atoms with Crippen LogP contribution in [0.15, 0.2) is 79.1 Å². The summed E-state index contributed by atoms with van der Waals surface area (Å²) in [6, 6.07) is 15.5. The number of hydrogen-bond donors (Lipinski definition) is 2. The summed E-state index contributed by atoms with van der Waals surface area (Å²) in [6.45, 7) is 0.879. The number of fused-ring (bicyclic) bond motifs is 3. The summed E-state index contributed by atoms with van der Waals surface area (Å²) in [4.78, 5) is 30.1. The zero-order valence-electron chi connectivity index (χ0n) is 18.0. The van der Waals surface area contributed by atoms with Crippen LogP contribution in [0.25, 0.3) is 11.1 Å². The average Bonchev–Trinajstić information content (AvgIpc) is 3.52. The van der Waals surface area contributed by atoms with E-state index in [4.69, 9.17) is 0 Å². The van der Waals surface area contributed by atoms with Crippen molar-refractivity contribution in [3.8, 4) is 0 Å². The topological polar surface area (TPSA) is 80.4 Å². The number of para-hydroxylation sites is 1. The molecule has 4 heterocycles. The van der Waals surface area contributed by atoms with Crippen LogP contribution in [0.1, 0.15) is 23.2 Å². The van der Waals surface area contributed by atoms with Gasteiger partial charge >= 0.3 is 0 Å². The molecule has 0 saturated carbocycles. The molecule has 33 heavy (non-hydrogen) atoms. The van der Waals surface area contributed by atoms with Gasteiger partial charge in [0.15, 0.2) is 0 Å². The van der Waals surface area contributed by atoms with Crippen LogP contribution in [0.3, 0.4) is 0 Å². The second kappa shape index (κ2) is 7.78. The first-order valence-corrected chi connectivity index (χ1v) is 11.2. The fraction of sp³-hybridized carbons (Fsp3) is 0.192. The Morgan fingerprint density at radius 2 is 1.88 bits per heavy atom. The molecule has 0 radical (unpaired) electrons. The number of imide groups is 1. The molecule has 2 amide bonds. The van der Waals surface area contributed by atoms with Gasteiger partial charge in [0, 0.05) is 42.1 Å². The highest BCUT2D eigenvalue weighted by atomic mass is 16.2. The minimum absolute atomic E-state index is 0.307. The van der Waals surface area contributed by atoms with Crippen LogP contribution < -0.4 is 10.6 Å². The van der Waals surface area contributed by atoms with Crippen molar-refractivity contribution in [2.75, 3.05) is 5.32 Å². The molecule has 4 aromatic rings. The summed E-state index contributed by atoms with van der Waals surface area (Å²) in [5.41, 5.74) is 5.70. The van der Waals surface area contributed by atoms with Gasteiger partial charge in [-0.25, -0.2) is 4.98 Å². The Balaban J connectivity index is 1.50. The average molecular weight is 438 g/mol. The summed E-state index contributed by atoms with van der Waals surface area (Å²) >= 11 is 0. The van der Waals surface area contributed by atoms with E-state index in [1.807, 2.05) is 67.3 Å². The van der Waals surface area contributed by atoms with E-state index in [-0.39, 0.29) is 5.91 Å². The molecule has 1 aliphatic heterocycles. The molecule has 164 valence electrons. The fourth-order valence-electron chi connectivity index (χ4n) is 5.16. The number of aromatic nitrogens is 3. The Labute approximate surface area is 190 Å². The van der Waals surface area contributed by atoms with Crippen molar-refractivity contribution < 1.29 is 9.59 Å². The van der Waals surface area contributed by atoms with Crippen molar-refractivity contribution in [2.45, 2.75) is 25.8 Å². The Kier molecular flexibility index (Phi) is 4.61. The lowest BCUT2D eigenvalue weighted by Gasteiger charge is -2.24. The predicted octanol–water partition coefficient (Wildman–Crippen LogP) is 3.42. The van der Waals surface area contributed by atoms with E-state index in [9.17, 15) is 9.59 Å². The number of benzene rings is 1. The maximum absolute atomic E-state index is 13.1. The third-order valence-electron chi connectivity index (χ3n) is 6.59. The molecule has 0 spiro atoms. The summed E-state index contributed by atoms with van der Waals surface area (Å²) in [5, 5.41) is 5.71. The first kappa shape index (κ1) is 19.5. The van der Waals surface area contributed by atoms with Gasteiger partial charge in [-0.05, 0) is 55.0 Å². The number of pyridine rings is 1. The smallest absolute Gasteiger partial charge is 0.275 e. The van der Waals surface area contributed by atoms with Crippen LogP contribution >= 0.6 is 0 Å². The Morgan fingerprint density at radius 3 is 2.70 bits per heavy atom. The van der Waals surface area contributed by atoms with E-state index in [0.717, 1.165) is 48.1 Å². The summed E-state index contributed by atoms with van der Waals surface area (Å²) in [7, 11) is 0. The number of anilines is 1. The number of hydrogen-bond acceptors (Lipinski definition) is 4. The van der Waals surface area contributed by atoms with E-state index >= 15 is 0 Å². The Bertz CT molecular complexity index is 1400. The number of imidazole rings is 1. The number of carbonyl (C=O) groups is 2. The summed E-state index contributed by atoms with van der Waals surface area (Å²) in [6.07, 6.45) is 10.5. The zero-order valence-corrected chi connectivity index (χ0v) is 18.0. The molecule has 0 fully saturated rings. The van der Waals surface area contributed by atoms with E-state index in [1.165, 1.54) is 5.69 Å². The van der Waals surface area contributed by atoms with Crippen LogP contribution in [0.2, 0.25) is 0 Å². The third-order valence-corrected chi connectivity index (χ3v) is 6.59. The number of rotatable bonds is 5. The highest BCUT2D eigenvalue weighted by molar-refractivity contribution is 6.38. The largest absolute Gasteiger partial charge is 0.350 e. The van der Waals surface area contributed by atoms with Crippen molar-refractivity contribution in [1.29, 1.82) is 0 Å². The highest BCUT2D eigenvalue weighted by Gasteiger charge is 2.37. The van der Waals surface area contributed by atoms with Crippen molar-refractivity contribution in [2.24, 2.45) is 5.92 Å². The van der Waals surface area contributed by atoms with E-state index in [2.05, 4.69) is 24.6 Å². The summed E-state index contributed by atoms with van der Waals surface area (Å²) < 4.78 is 4.29. The number of carbonyl (C=O) groups excluding carboxylic acids is 2. The molecule has 6 rings (SSSR count). The number of nitrogens with one attached hydrogen (secondary N) is 2. The number of nitrogens with zero attached hydrogens (tertiary/aromatic N) is 3. The first-order valence-electron chi connectivity index (χ1n) is 11.2. The van der Waals surface area contributed by atoms with E-state index in [0.29, 0.717) is 17.2 Å². The van der Waals surface area contributed by atoms with Crippen molar-refractivity contribution in [3.63, 3.8) is 0 Å². The molecule has 7 heteroatoms. The van der Waals surface area contributed by atoms with Crippen LogP contribution in [0, 0.1) is 5.92 Å². The van der Waals surface area contributed by atoms with Crippen molar-refractivity contribution >= 4 is 28.6 Å². The molecule has 0 bridgehead atoms. The van der Waals surface area contributed by atoms with Crippen LogP contribution in [-0.4, -0.2) is 25.8 Å². The van der Waals surface area contributed by atoms with Gasteiger partial charge in [-0.2, -0.15) is 0 Å². The number of amides is 2. The molecule has 2 N–H and O–H groups in total. The van der Waals surface area contributed by atoms with Gasteiger partial charge in [-0.1, -0.05) is 24.3 Å². The third kappa shape index (κ3) is 3.33. The van der Waals surface area contributed by atoms with Gasteiger partial charge < -0.3 is 14.3 Å². The summed E-state index contributed by atoms with van der Waals surface area (Å²) in [5.74, 6) is -0.322. The second-order valence-corrected chi connectivity index (χ2v) is 8.65. The van der Waals surface area contributed by atoms with Crippen LogP contribution in [0.4, 0.5) is 5.69 Å². The molecule has 2 aliphatic rings. The minimum Gasteiger partial charge on any atom is -0.350 e. The fourth-order valence-corrected chi connectivity index (χ4v) is 5.16. The quantitative estimate of drug-likeness (QED) is 0.469. The SMILES string of the molecule is O=C1NC(=O)C(c2c3c(n4ccccc24)CCC(Cn2ccnc2)C3)=C1Nc1ccccc1. The Hall–Kier alpha value is -4.13. The zero-order chi connectivity index (χ0) is 22.4. The molecule has 0 saturated heterocycles. The van der Waals surface area contributed by atoms with Crippen molar-refractivity contribution in [1.82, 2.24) is 19.3 Å². The molecule has 1 unspecified atom stereocenters. The highest BCUT2D eigenvalue weighted by Crippen LogP contribution is 2.39. The molecule has 1 atom stereocenters. The molecule has 1 aliphatic carbocycles. The van der Waals surface area contributed by atoms with Gasteiger partial charge in [0.25, 0.3) is 11.8 Å². The van der Waals surface area contributed by atoms with Crippen LogP contribution in [0.5, 0.6) is 0 Å². The minimum atomic E-state index is -0.395. The lowest BCUT2D eigenvalue weighted by Crippen LogP contribution is -2.24. The predicted molar refractivity (Wildman–Crippen MR) is 125 cm³/mol. The normalized spacial score (nSPS) is 18.0. The lowest BCUT2D eigenvalue weighted by molar-refractivity contribution is -0.123. The molecule has 7 nitrogen and oxygen atoms in total. The van der Waals surface area contributed by atoms with Crippen molar-refractivity contribution in [3.05, 3.63) is 96.0 Å². The lowest BCUT2D eigenvalue weighted by atomic mass is 9.84. The standard InChI is InChI=1S/C26H23N5O2/c32-25-23(24(26(33)29-25)28-18-6-2-1-3-7-18)22-19-14-17(15-30-13-11-27-16-30)9-10-20(19)31-12-5-4-8-21(22)31/h1-8,11-13,16-17H,9-10,14-15H2,(H2,28,29,32,33). The van der Waals surface area contributed by atoms with Gasteiger partial charge in [-0.3, -0.25) is 14.9 Å². The van der Waals surface area contributed by atoms with E-state index < -0.39 is 5.91 Å². The van der Waals surface area contributed by atoms with Gasteiger partial charge in [0.05, 0.1) is 17.4 Å². The maximum atomic E-state index is 13.1. The molecular weight excluding hydrogens is 414 g/mol. The van der Waals surface area contributed by atoms with Gasteiger partial charge in [-0.15, -0.1) is 0 Å². The van der Waals surface area contributed by atoms with Gasteiger partial charge in [0.2, 0.25) is 0 Å². The monoisotopic (exact) mass is 437 g/mol. The Morgan fingerprint density at radius 1 is 1.03 bits per heavy atom. The second-order valence-electron chi connectivity index (χ2n) is 8.65. The first-order chi connectivity index (χ1) is 16.2. The van der Waals surface area contributed by atoms with Gasteiger partial charge in [0.1, 0.15) is 5.70 Å². The molecule has 1 aromatic carbocycles. The van der Waals surface area contributed by atoms with E-state index in [1.54, 1.807) is 6.20 Å². The van der Waals surface area contributed by atoms with Crippen LogP contribution in [-0.2, 0) is 29.0 Å². The maximum Gasteiger partial charge on any atom is 0.275 e.